The summed E-state index contributed by atoms with van der Waals surface area (Å²) in [6.45, 7) is 2.53. The normalized spacial score (nSPS) is 12.4. The molecule has 0 aromatic heterocycles. The molecule has 0 aliphatic rings. The van der Waals surface area contributed by atoms with E-state index in [2.05, 4.69) is 14.8 Å². The lowest BCUT2D eigenvalue weighted by atomic mass is 10.3. The zero-order valence-corrected chi connectivity index (χ0v) is 10.7. The van der Waals surface area contributed by atoms with E-state index < -0.39 is 30.1 Å². The summed E-state index contributed by atoms with van der Waals surface area (Å²) < 4.78 is 44.1. The number of benzene rings is 1. The van der Waals surface area contributed by atoms with Crippen LogP contribution >= 0.6 is 0 Å². The topological polar surface area (TPSA) is 64.6 Å². The summed E-state index contributed by atoms with van der Waals surface area (Å²) in [5.41, 5.74) is 0.253. The van der Waals surface area contributed by atoms with E-state index in [0.717, 1.165) is 19.1 Å². The highest BCUT2D eigenvalue weighted by atomic mass is 19.4. The lowest BCUT2D eigenvalue weighted by Crippen LogP contribution is -2.29. The van der Waals surface area contributed by atoms with Gasteiger partial charge in [-0.2, -0.15) is 0 Å². The van der Waals surface area contributed by atoms with E-state index in [1.807, 2.05) is 0 Å². The molecule has 0 spiro atoms. The third-order valence-electron chi connectivity index (χ3n) is 2.07. The molecule has 1 amide bonds. The molecule has 0 unspecified atom stereocenters. The average molecular weight is 291 g/mol. The van der Waals surface area contributed by atoms with E-state index in [9.17, 15) is 22.8 Å². The monoisotopic (exact) mass is 291 g/mol. The van der Waals surface area contributed by atoms with E-state index in [4.69, 9.17) is 0 Å². The van der Waals surface area contributed by atoms with Gasteiger partial charge in [0, 0.05) is 12.6 Å². The second-order valence-electron chi connectivity index (χ2n) is 3.81. The highest BCUT2D eigenvalue weighted by Gasteiger charge is 2.31. The molecular weight excluding hydrogens is 279 g/mol. The molecular formula is C12H12F3NO4. The number of halogens is 3. The predicted molar refractivity (Wildman–Crippen MR) is 63.0 cm³/mol. The predicted octanol–water partition coefficient (Wildman–Crippen LogP) is 2.48. The fourth-order valence-corrected chi connectivity index (χ4v) is 1.29. The zero-order chi connectivity index (χ0) is 15.3. The maximum atomic E-state index is 11.9. The van der Waals surface area contributed by atoms with Crippen LogP contribution in [0.2, 0.25) is 0 Å². The first-order valence-electron chi connectivity index (χ1n) is 5.51. The van der Waals surface area contributed by atoms with Crippen molar-refractivity contribution in [3.8, 4) is 5.75 Å². The van der Waals surface area contributed by atoms with Crippen molar-refractivity contribution in [2.45, 2.75) is 26.3 Å². The van der Waals surface area contributed by atoms with Gasteiger partial charge in [-0.3, -0.25) is 9.59 Å². The van der Waals surface area contributed by atoms with Gasteiger partial charge in [0.1, 0.15) is 5.75 Å². The molecule has 1 rings (SSSR count). The Balaban J connectivity index is 2.61. The van der Waals surface area contributed by atoms with Gasteiger partial charge < -0.3 is 14.8 Å². The van der Waals surface area contributed by atoms with Crippen molar-refractivity contribution in [3.63, 3.8) is 0 Å². The summed E-state index contributed by atoms with van der Waals surface area (Å²) in [4.78, 5) is 22.2. The number of alkyl halides is 3. The number of rotatable bonds is 4. The van der Waals surface area contributed by atoms with Gasteiger partial charge in [-0.25, -0.2) is 0 Å². The maximum absolute atomic E-state index is 11.9. The van der Waals surface area contributed by atoms with Crippen LogP contribution in [0.3, 0.4) is 0 Å². The van der Waals surface area contributed by atoms with Gasteiger partial charge in [0.05, 0.1) is 0 Å². The number of carbonyl (C=O) groups excluding carboxylic acids is 2. The highest BCUT2D eigenvalue weighted by molar-refractivity contribution is 5.94. The third kappa shape index (κ3) is 5.59. The summed E-state index contributed by atoms with van der Waals surface area (Å²) >= 11 is 0. The average Bonchev–Trinajstić information content (AvgIpc) is 2.28. The number of hydrogen-bond donors (Lipinski definition) is 1. The Labute approximate surface area is 112 Å². The quantitative estimate of drug-likeness (QED) is 0.866. The Hall–Kier alpha value is -2.25. The minimum absolute atomic E-state index is 0.253. The van der Waals surface area contributed by atoms with Crippen molar-refractivity contribution in [1.29, 1.82) is 0 Å². The molecule has 0 aliphatic carbocycles. The smallest absolute Gasteiger partial charge is 0.453 e. The molecule has 0 bridgehead atoms. The van der Waals surface area contributed by atoms with E-state index in [0.29, 0.717) is 0 Å². The van der Waals surface area contributed by atoms with Crippen LogP contribution in [0.15, 0.2) is 24.3 Å². The molecule has 0 aliphatic heterocycles. The molecule has 0 fully saturated rings. The molecule has 8 heteroatoms. The molecule has 0 heterocycles. The fourth-order valence-electron chi connectivity index (χ4n) is 1.29. The molecule has 1 N–H and O–H groups in total. The van der Waals surface area contributed by atoms with Gasteiger partial charge in [0.25, 0.3) is 5.91 Å². The van der Waals surface area contributed by atoms with Crippen LogP contribution in [0.5, 0.6) is 5.75 Å². The van der Waals surface area contributed by atoms with Crippen molar-refractivity contribution in [2.75, 3.05) is 5.32 Å². The van der Waals surface area contributed by atoms with Crippen LogP contribution in [0, 0.1) is 0 Å². The first-order chi connectivity index (χ1) is 9.17. The summed E-state index contributed by atoms with van der Waals surface area (Å²) in [5, 5.41) is 2.38. The fraction of sp³-hybridized carbons (Fsp3) is 0.333. The molecule has 0 saturated carbocycles. The molecule has 0 radical (unpaired) electrons. The van der Waals surface area contributed by atoms with Crippen LogP contribution in [0.25, 0.3) is 0 Å². The summed E-state index contributed by atoms with van der Waals surface area (Å²) in [5.74, 6) is -1.60. The van der Waals surface area contributed by atoms with Gasteiger partial charge >= 0.3 is 12.3 Å². The van der Waals surface area contributed by atoms with E-state index in [-0.39, 0.29) is 5.69 Å². The second kappa shape index (κ2) is 6.27. The van der Waals surface area contributed by atoms with Gasteiger partial charge in [-0.05, 0) is 31.2 Å². The Morgan fingerprint density at radius 1 is 1.20 bits per heavy atom. The minimum atomic E-state index is -4.77. The molecule has 5 nitrogen and oxygen atoms in total. The van der Waals surface area contributed by atoms with E-state index >= 15 is 0 Å². The van der Waals surface area contributed by atoms with Crippen LogP contribution < -0.4 is 10.1 Å². The Kier molecular flexibility index (Phi) is 4.95. The largest absolute Gasteiger partial charge is 0.573 e. The Morgan fingerprint density at radius 2 is 1.75 bits per heavy atom. The highest BCUT2D eigenvalue weighted by Crippen LogP contribution is 2.23. The van der Waals surface area contributed by atoms with Crippen LogP contribution in [-0.2, 0) is 14.3 Å². The molecule has 1 aromatic rings. The first-order valence-corrected chi connectivity index (χ1v) is 5.51. The molecule has 0 saturated heterocycles. The number of anilines is 1. The third-order valence-corrected chi connectivity index (χ3v) is 2.07. The second-order valence-corrected chi connectivity index (χ2v) is 3.81. The summed E-state index contributed by atoms with van der Waals surface area (Å²) in [6, 6.07) is 4.58. The van der Waals surface area contributed by atoms with Crippen molar-refractivity contribution in [3.05, 3.63) is 24.3 Å². The standard InChI is InChI=1S/C12H12F3NO4/c1-7(19-8(2)17)11(18)16-9-3-5-10(6-4-9)20-12(13,14)15/h3-7H,1-2H3,(H,16,18)/t7-/m0/s1. The SMILES string of the molecule is CC(=O)O[C@@H](C)C(=O)Nc1ccc(OC(F)(F)F)cc1. The number of hydrogen-bond acceptors (Lipinski definition) is 4. The van der Waals surface area contributed by atoms with Gasteiger partial charge in [0.15, 0.2) is 6.10 Å². The van der Waals surface area contributed by atoms with E-state index in [1.54, 1.807) is 0 Å². The first kappa shape index (κ1) is 15.8. The van der Waals surface area contributed by atoms with Crippen LogP contribution in [-0.4, -0.2) is 24.3 Å². The molecule has 20 heavy (non-hydrogen) atoms. The molecule has 110 valence electrons. The number of nitrogens with one attached hydrogen (secondary N) is 1. The number of esters is 1. The summed E-state index contributed by atoms with van der Waals surface area (Å²) in [6.07, 6.45) is -5.77. The molecule has 1 atom stereocenters. The maximum Gasteiger partial charge on any atom is 0.573 e. The van der Waals surface area contributed by atoms with Gasteiger partial charge in [0.2, 0.25) is 0 Å². The summed E-state index contributed by atoms with van der Waals surface area (Å²) in [7, 11) is 0. The lowest BCUT2D eigenvalue weighted by molar-refractivity contribution is -0.274. The Morgan fingerprint density at radius 3 is 2.20 bits per heavy atom. The van der Waals surface area contributed by atoms with E-state index in [1.165, 1.54) is 19.1 Å². The molecule has 1 aromatic carbocycles. The lowest BCUT2D eigenvalue weighted by Gasteiger charge is -2.13. The van der Waals surface area contributed by atoms with Gasteiger partial charge in [-0.1, -0.05) is 0 Å². The minimum Gasteiger partial charge on any atom is -0.453 e. The van der Waals surface area contributed by atoms with Crippen LogP contribution in [0.1, 0.15) is 13.8 Å². The van der Waals surface area contributed by atoms with Crippen molar-refractivity contribution < 1.29 is 32.2 Å². The Bertz CT molecular complexity index is 484. The van der Waals surface area contributed by atoms with Crippen molar-refractivity contribution in [2.24, 2.45) is 0 Å². The van der Waals surface area contributed by atoms with Gasteiger partial charge in [-0.15, -0.1) is 13.2 Å². The number of amides is 1. The van der Waals surface area contributed by atoms with Crippen molar-refractivity contribution >= 4 is 17.6 Å². The van der Waals surface area contributed by atoms with Crippen LogP contribution in [0.4, 0.5) is 18.9 Å². The number of ether oxygens (including phenoxy) is 2. The van der Waals surface area contributed by atoms with Crippen molar-refractivity contribution in [1.82, 2.24) is 0 Å². The number of carbonyl (C=O) groups is 2. The zero-order valence-electron chi connectivity index (χ0n) is 10.7.